The standard InChI is InChI=1S/C15H20ClNO4S/c1-21-15(18)12-7-8-14(13(16)9-12)22(19,20)17-10-11-5-3-2-4-6-11/h7-9,11,17H,2-6,10H2,1H3. The Morgan fingerprint density at radius 2 is 2.00 bits per heavy atom. The van der Waals surface area contributed by atoms with E-state index in [0.29, 0.717) is 12.5 Å². The van der Waals surface area contributed by atoms with Gasteiger partial charge in [0.15, 0.2) is 0 Å². The predicted octanol–water partition coefficient (Wildman–Crippen LogP) is 2.99. The van der Waals surface area contributed by atoms with Gasteiger partial charge in [-0.25, -0.2) is 17.9 Å². The van der Waals surface area contributed by atoms with Gasteiger partial charge >= 0.3 is 5.97 Å². The molecule has 0 aliphatic heterocycles. The summed E-state index contributed by atoms with van der Waals surface area (Å²) in [5.74, 6) is -0.169. The van der Waals surface area contributed by atoms with Crippen molar-refractivity contribution in [3.8, 4) is 0 Å². The summed E-state index contributed by atoms with van der Waals surface area (Å²) in [6, 6.07) is 4.03. The first-order chi connectivity index (χ1) is 10.4. The van der Waals surface area contributed by atoms with Crippen molar-refractivity contribution in [3.63, 3.8) is 0 Å². The summed E-state index contributed by atoms with van der Waals surface area (Å²) in [5, 5.41) is 0.0130. The molecule has 2 rings (SSSR count). The van der Waals surface area contributed by atoms with Crippen LogP contribution in [0.2, 0.25) is 5.02 Å². The van der Waals surface area contributed by atoms with Gasteiger partial charge in [-0.05, 0) is 37.0 Å². The molecule has 0 spiro atoms. The van der Waals surface area contributed by atoms with Crippen LogP contribution in [0.4, 0.5) is 0 Å². The van der Waals surface area contributed by atoms with Gasteiger partial charge in [-0.15, -0.1) is 0 Å². The van der Waals surface area contributed by atoms with E-state index in [9.17, 15) is 13.2 Å². The summed E-state index contributed by atoms with van der Waals surface area (Å²) in [4.78, 5) is 11.4. The summed E-state index contributed by atoms with van der Waals surface area (Å²) in [5.41, 5.74) is 0.221. The first-order valence-corrected chi connectivity index (χ1v) is 9.17. The lowest BCUT2D eigenvalue weighted by Crippen LogP contribution is -2.30. The van der Waals surface area contributed by atoms with E-state index in [1.54, 1.807) is 0 Å². The Balaban J connectivity index is 2.09. The molecule has 1 aliphatic rings. The van der Waals surface area contributed by atoms with Crippen LogP contribution in [-0.4, -0.2) is 28.0 Å². The Labute approximate surface area is 136 Å². The predicted molar refractivity (Wildman–Crippen MR) is 84.6 cm³/mol. The molecule has 0 aromatic heterocycles. The van der Waals surface area contributed by atoms with Crippen LogP contribution in [0, 0.1) is 5.92 Å². The van der Waals surface area contributed by atoms with Crippen LogP contribution < -0.4 is 4.72 Å². The van der Waals surface area contributed by atoms with Crippen molar-refractivity contribution in [1.29, 1.82) is 0 Å². The van der Waals surface area contributed by atoms with Crippen LogP contribution in [-0.2, 0) is 14.8 Å². The maximum atomic E-state index is 12.3. The fourth-order valence-corrected chi connectivity index (χ4v) is 4.32. The molecule has 22 heavy (non-hydrogen) atoms. The number of nitrogens with one attached hydrogen (secondary N) is 1. The average Bonchev–Trinajstić information content (AvgIpc) is 2.53. The van der Waals surface area contributed by atoms with Crippen molar-refractivity contribution in [2.75, 3.05) is 13.7 Å². The van der Waals surface area contributed by atoms with Gasteiger partial charge < -0.3 is 4.74 Å². The number of carbonyl (C=O) groups is 1. The molecule has 0 bridgehead atoms. The molecule has 0 unspecified atom stereocenters. The number of hydrogen-bond acceptors (Lipinski definition) is 4. The number of esters is 1. The van der Waals surface area contributed by atoms with Crippen molar-refractivity contribution < 1.29 is 17.9 Å². The second kappa shape index (κ2) is 7.44. The van der Waals surface area contributed by atoms with E-state index >= 15 is 0 Å². The normalized spacial score (nSPS) is 16.5. The zero-order chi connectivity index (χ0) is 16.2. The molecule has 1 N–H and O–H groups in total. The lowest BCUT2D eigenvalue weighted by molar-refractivity contribution is 0.0600. The molecule has 0 atom stereocenters. The fourth-order valence-electron chi connectivity index (χ4n) is 2.66. The minimum atomic E-state index is -3.67. The largest absolute Gasteiger partial charge is 0.465 e. The summed E-state index contributed by atoms with van der Waals surface area (Å²) < 4.78 is 31.9. The zero-order valence-corrected chi connectivity index (χ0v) is 14.0. The third-order valence-corrected chi connectivity index (χ3v) is 5.84. The highest BCUT2D eigenvalue weighted by molar-refractivity contribution is 7.89. The second-order valence-corrected chi connectivity index (χ2v) is 7.64. The number of methoxy groups -OCH3 is 1. The Morgan fingerprint density at radius 1 is 1.32 bits per heavy atom. The smallest absolute Gasteiger partial charge is 0.337 e. The first-order valence-electron chi connectivity index (χ1n) is 7.31. The molecule has 0 amide bonds. The van der Waals surface area contributed by atoms with E-state index in [4.69, 9.17) is 11.6 Å². The second-order valence-electron chi connectivity index (χ2n) is 5.49. The average molecular weight is 346 g/mol. The van der Waals surface area contributed by atoms with E-state index in [2.05, 4.69) is 9.46 Å². The minimum absolute atomic E-state index is 0.0130. The van der Waals surface area contributed by atoms with Crippen LogP contribution in [0.15, 0.2) is 23.1 Å². The fraction of sp³-hybridized carbons (Fsp3) is 0.533. The molecule has 0 radical (unpaired) electrons. The number of rotatable bonds is 5. The molecular formula is C15H20ClNO4S. The van der Waals surface area contributed by atoms with E-state index in [1.165, 1.54) is 31.7 Å². The molecule has 1 aromatic carbocycles. The number of halogens is 1. The highest BCUT2D eigenvalue weighted by Crippen LogP contribution is 2.25. The summed E-state index contributed by atoms with van der Waals surface area (Å²) in [7, 11) is -2.42. The molecule has 0 heterocycles. The van der Waals surface area contributed by atoms with Gasteiger partial charge in [0, 0.05) is 6.54 Å². The monoisotopic (exact) mass is 345 g/mol. The minimum Gasteiger partial charge on any atom is -0.465 e. The van der Waals surface area contributed by atoms with Gasteiger partial charge in [0.2, 0.25) is 10.0 Å². The van der Waals surface area contributed by atoms with Gasteiger partial charge in [0.05, 0.1) is 17.7 Å². The maximum Gasteiger partial charge on any atom is 0.337 e. The van der Waals surface area contributed by atoms with Crippen LogP contribution in [0.1, 0.15) is 42.5 Å². The molecule has 1 aliphatic carbocycles. The van der Waals surface area contributed by atoms with Crippen molar-refractivity contribution in [2.45, 2.75) is 37.0 Å². The van der Waals surface area contributed by atoms with Crippen molar-refractivity contribution in [3.05, 3.63) is 28.8 Å². The Kier molecular flexibility index (Phi) is 5.83. The molecule has 1 fully saturated rings. The van der Waals surface area contributed by atoms with Gasteiger partial charge in [-0.2, -0.15) is 0 Å². The molecule has 1 aromatic rings. The lowest BCUT2D eigenvalue weighted by atomic mass is 9.90. The SMILES string of the molecule is COC(=O)c1ccc(S(=O)(=O)NCC2CCCCC2)c(Cl)c1. The van der Waals surface area contributed by atoms with Crippen molar-refractivity contribution in [2.24, 2.45) is 5.92 Å². The van der Waals surface area contributed by atoms with E-state index in [0.717, 1.165) is 25.7 Å². The molecule has 7 heteroatoms. The Hall–Kier alpha value is -1.11. The number of carbonyl (C=O) groups excluding carboxylic acids is 1. The van der Waals surface area contributed by atoms with Crippen LogP contribution in [0.5, 0.6) is 0 Å². The zero-order valence-electron chi connectivity index (χ0n) is 12.5. The van der Waals surface area contributed by atoms with Crippen LogP contribution in [0.25, 0.3) is 0 Å². The molecule has 0 saturated heterocycles. The number of sulfonamides is 1. The molecule has 5 nitrogen and oxygen atoms in total. The van der Waals surface area contributed by atoms with Gasteiger partial charge in [0.25, 0.3) is 0 Å². The number of hydrogen-bond donors (Lipinski definition) is 1. The molecule has 1 saturated carbocycles. The van der Waals surface area contributed by atoms with Gasteiger partial charge in [0.1, 0.15) is 4.90 Å². The third kappa shape index (κ3) is 4.21. The number of benzene rings is 1. The first kappa shape index (κ1) is 17.2. The number of ether oxygens (including phenoxy) is 1. The highest BCUT2D eigenvalue weighted by Gasteiger charge is 2.22. The summed E-state index contributed by atoms with van der Waals surface area (Å²) in [6.07, 6.45) is 5.64. The van der Waals surface area contributed by atoms with Gasteiger partial charge in [-0.3, -0.25) is 0 Å². The van der Waals surface area contributed by atoms with Crippen LogP contribution in [0.3, 0.4) is 0 Å². The van der Waals surface area contributed by atoms with E-state index < -0.39 is 16.0 Å². The Morgan fingerprint density at radius 3 is 2.59 bits per heavy atom. The quantitative estimate of drug-likeness (QED) is 0.833. The highest BCUT2D eigenvalue weighted by atomic mass is 35.5. The maximum absolute atomic E-state index is 12.3. The Bertz CT molecular complexity index is 639. The van der Waals surface area contributed by atoms with Gasteiger partial charge in [-0.1, -0.05) is 30.9 Å². The van der Waals surface area contributed by atoms with E-state index in [-0.39, 0.29) is 15.5 Å². The third-order valence-electron chi connectivity index (χ3n) is 3.93. The lowest BCUT2D eigenvalue weighted by Gasteiger charge is -2.21. The van der Waals surface area contributed by atoms with Crippen molar-refractivity contribution >= 4 is 27.6 Å². The summed E-state index contributed by atoms with van der Waals surface area (Å²) in [6.45, 7) is 0.428. The van der Waals surface area contributed by atoms with E-state index in [1.807, 2.05) is 0 Å². The van der Waals surface area contributed by atoms with Crippen molar-refractivity contribution in [1.82, 2.24) is 4.72 Å². The topological polar surface area (TPSA) is 72.5 Å². The summed E-state index contributed by atoms with van der Waals surface area (Å²) >= 11 is 6.01. The van der Waals surface area contributed by atoms with Crippen LogP contribution >= 0.6 is 11.6 Å². The molecule has 122 valence electrons. The molecular weight excluding hydrogens is 326 g/mol.